The van der Waals surface area contributed by atoms with E-state index in [0.29, 0.717) is 19.1 Å². The molecular formula is C11H22N2O4. The van der Waals surface area contributed by atoms with Crippen LogP contribution < -0.4 is 11.1 Å². The maximum atomic E-state index is 10.6. The molecule has 0 aromatic heterocycles. The van der Waals surface area contributed by atoms with Crippen molar-refractivity contribution in [3.63, 3.8) is 0 Å². The van der Waals surface area contributed by atoms with Gasteiger partial charge in [-0.2, -0.15) is 0 Å². The summed E-state index contributed by atoms with van der Waals surface area (Å²) < 4.78 is 15.5. The van der Waals surface area contributed by atoms with Crippen molar-refractivity contribution in [2.75, 3.05) is 40.0 Å². The lowest BCUT2D eigenvalue weighted by Gasteiger charge is -2.30. The second-order valence-electron chi connectivity index (χ2n) is 4.12. The Morgan fingerprint density at radius 1 is 1.41 bits per heavy atom. The predicted molar refractivity (Wildman–Crippen MR) is 62.7 cm³/mol. The zero-order valence-electron chi connectivity index (χ0n) is 10.3. The molecule has 100 valence electrons. The van der Waals surface area contributed by atoms with Gasteiger partial charge in [-0.25, -0.2) is 4.79 Å². The molecule has 0 aliphatic carbocycles. The number of nitrogens with one attached hydrogen (secondary N) is 1. The van der Waals surface area contributed by atoms with E-state index in [4.69, 9.17) is 19.9 Å². The van der Waals surface area contributed by atoms with Gasteiger partial charge in [0, 0.05) is 7.11 Å². The SMILES string of the molecule is COCCOC(COC(N)=O)C1CCNCC1. The Morgan fingerprint density at radius 2 is 2.12 bits per heavy atom. The zero-order valence-corrected chi connectivity index (χ0v) is 10.3. The van der Waals surface area contributed by atoms with Crippen molar-refractivity contribution >= 4 is 6.09 Å². The maximum Gasteiger partial charge on any atom is 0.404 e. The summed E-state index contributed by atoms with van der Waals surface area (Å²) in [4.78, 5) is 10.6. The number of methoxy groups -OCH3 is 1. The molecule has 1 atom stereocenters. The third-order valence-electron chi connectivity index (χ3n) is 2.92. The van der Waals surface area contributed by atoms with Crippen molar-refractivity contribution in [1.29, 1.82) is 0 Å². The van der Waals surface area contributed by atoms with E-state index in [9.17, 15) is 4.79 Å². The number of carbonyl (C=O) groups excluding carboxylic acids is 1. The Hall–Kier alpha value is -0.850. The van der Waals surface area contributed by atoms with Gasteiger partial charge in [0.15, 0.2) is 0 Å². The van der Waals surface area contributed by atoms with Crippen molar-refractivity contribution in [3.05, 3.63) is 0 Å². The zero-order chi connectivity index (χ0) is 12.5. The Bertz CT molecular complexity index is 220. The standard InChI is InChI=1S/C11H22N2O4/c1-15-6-7-16-10(8-17-11(12)14)9-2-4-13-5-3-9/h9-10,13H,2-8H2,1H3,(H2,12,14). The Morgan fingerprint density at radius 3 is 2.71 bits per heavy atom. The minimum atomic E-state index is -0.751. The highest BCUT2D eigenvalue weighted by molar-refractivity contribution is 5.64. The number of primary amides is 1. The smallest absolute Gasteiger partial charge is 0.404 e. The lowest BCUT2D eigenvalue weighted by atomic mass is 9.92. The molecule has 1 saturated heterocycles. The molecule has 0 spiro atoms. The van der Waals surface area contributed by atoms with Gasteiger partial charge < -0.3 is 25.3 Å². The second-order valence-corrected chi connectivity index (χ2v) is 4.12. The number of hydrogen-bond donors (Lipinski definition) is 2. The van der Waals surface area contributed by atoms with E-state index in [-0.39, 0.29) is 12.7 Å². The molecule has 1 aliphatic heterocycles. The van der Waals surface area contributed by atoms with Crippen LogP contribution in [0.4, 0.5) is 4.79 Å². The third-order valence-corrected chi connectivity index (χ3v) is 2.92. The van der Waals surface area contributed by atoms with Crippen molar-refractivity contribution in [2.24, 2.45) is 11.7 Å². The number of rotatable bonds is 7. The minimum absolute atomic E-state index is 0.0836. The van der Waals surface area contributed by atoms with Crippen LogP contribution in [0, 0.1) is 5.92 Å². The molecule has 1 aliphatic rings. The van der Waals surface area contributed by atoms with E-state index in [0.717, 1.165) is 25.9 Å². The number of carbonyl (C=O) groups is 1. The van der Waals surface area contributed by atoms with Gasteiger partial charge in [-0.05, 0) is 31.8 Å². The van der Waals surface area contributed by atoms with Crippen LogP contribution in [-0.2, 0) is 14.2 Å². The molecule has 0 bridgehead atoms. The topological polar surface area (TPSA) is 82.8 Å². The average molecular weight is 246 g/mol. The van der Waals surface area contributed by atoms with Crippen molar-refractivity contribution in [2.45, 2.75) is 18.9 Å². The Balaban J connectivity index is 2.35. The summed E-state index contributed by atoms with van der Waals surface area (Å²) in [6, 6.07) is 0. The number of amides is 1. The lowest BCUT2D eigenvalue weighted by Crippen LogP contribution is -2.39. The summed E-state index contributed by atoms with van der Waals surface area (Å²) in [5, 5.41) is 3.29. The third kappa shape index (κ3) is 5.86. The summed E-state index contributed by atoms with van der Waals surface area (Å²) in [5.74, 6) is 0.410. The van der Waals surface area contributed by atoms with Gasteiger partial charge in [0.2, 0.25) is 0 Å². The summed E-state index contributed by atoms with van der Waals surface area (Å²) in [6.45, 7) is 3.23. The van der Waals surface area contributed by atoms with Crippen LogP contribution in [0.25, 0.3) is 0 Å². The van der Waals surface area contributed by atoms with Crippen LogP contribution >= 0.6 is 0 Å². The van der Waals surface area contributed by atoms with Gasteiger partial charge in [-0.1, -0.05) is 0 Å². The molecule has 6 heteroatoms. The largest absolute Gasteiger partial charge is 0.447 e. The van der Waals surface area contributed by atoms with E-state index in [1.54, 1.807) is 7.11 Å². The molecule has 6 nitrogen and oxygen atoms in total. The van der Waals surface area contributed by atoms with Crippen molar-refractivity contribution in [3.8, 4) is 0 Å². The van der Waals surface area contributed by atoms with Gasteiger partial charge in [0.05, 0.1) is 19.3 Å². The highest BCUT2D eigenvalue weighted by Gasteiger charge is 2.25. The van der Waals surface area contributed by atoms with Gasteiger partial charge in [-0.15, -0.1) is 0 Å². The van der Waals surface area contributed by atoms with Crippen molar-refractivity contribution in [1.82, 2.24) is 5.32 Å². The first-order valence-electron chi connectivity index (χ1n) is 5.97. The van der Waals surface area contributed by atoms with Crippen LogP contribution in [0.2, 0.25) is 0 Å². The molecule has 0 aromatic carbocycles. The highest BCUT2D eigenvalue weighted by atomic mass is 16.6. The van der Waals surface area contributed by atoms with E-state index in [2.05, 4.69) is 5.32 Å². The quantitative estimate of drug-likeness (QED) is 0.623. The van der Waals surface area contributed by atoms with E-state index >= 15 is 0 Å². The first-order valence-corrected chi connectivity index (χ1v) is 5.97. The molecule has 0 aromatic rings. The Labute approximate surface area is 102 Å². The lowest BCUT2D eigenvalue weighted by molar-refractivity contribution is -0.0489. The van der Waals surface area contributed by atoms with E-state index in [1.165, 1.54) is 0 Å². The number of nitrogens with two attached hydrogens (primary N) is 1. The van der Waals surface area contributed by atoms with Gasteiger partial charge in [0.25, 0.3) is 0 Å². The second kappa shape index (κ2) is 8.27. The summed E-state index contributed by atoms with van der Waals surface area (Å²) >= 11 is 0. The Kier molecular flexibility index (Phi) is 6.91. The van der Waals surface area contributed by atoms with Crippen molar-refractivity contribution < 1.29 is 19.0 Å². The van der Waals surface area contributed by atoms with Gasteiger partial charge >= 0.3 is 6.09 Å². The molecule has 1 heterocycles. The first kappa shape index (κ1) is 14.2. The molecule has 0 saturated carbocycles. The fourth-order valence-corrected chi connectivity index (χ4v) is 1.98. The summed E-state index contributed by atoms with van der Waals surface area (Å²) in [6.07, 6.45) is 1.22. The van der Waals surface area contributed by atoms with Crippen LogP contribution in [-0.4, -0.2) is 52.2 Å². The minimum Gasteiger partial charge on any atom is -0.447 e. The van der Waals surface area contributed by atoms with Crippen LogP contribution in [0.5, 0.6) is 0 Å². The van der Waals surface area contributed by atoms with Crippen LogP contribution in [0.15, 0.2) is 0 Å². The van der Waals surface area contributed by atoms with Gasteiger partial charge in [-0.3, -0.25) is 0 Å². The molecule has 3 N–H and O–H groups in total. The molecule has 17 heavy (non-hydrogen) atoms. The maximum absolute atomic E-state index is 10.6. The van der Waals surface area contributed by atoms with Gasteiger partial charge in [0.1, 0.15) is 6.61 Å². The molecule has 1 unspecified atom stereocenters. The number of hydrogen-bond acceptors (Lipinski definition) is 5. The molecule has 1 rings (SSSR count). The molecule has 0 radical (unpaired) electrons. The number of piperidine rings is 1. The molecule has 1 amide bonds. The van der Waals surface area contributed by atoms with Crippen LogP contribution in [0.1, 0.15) is 12.8 Å². The normalized spacial score (nSPS) is 18.9. The van der Waals surface area contributed by atoms with Crippen LogP contribution in [0.3, 0.4) is 0 Å². The monoisotopic (exact) mass is 246 g/mol. The van der Waals surface area contributed by atoms with E-state index in [1.807, 2.05) is 0 Å². The fraction of sp³-hybridized carbons (Fsp3) is 0.909. The summed E-state index contributed by atoms with van der Waals surface area (Å²) in [7, 11) is 1.63. The molecule has 1 fully saturated rings. The van der Waals surface area contributed by atoms with E-state index < -0.39 is 6.09 Å². The average Bonchev–Trinajstić information content (AvgIpc) is 2.34. The highest BCUT2D eigenvalue weighted by Crippen LogP contribution is 2.19. The fourth-order valence-electron chi connectivity index (χ4n) is 1.98. The predicted octanol–water partition coefficient (Wildman–Crippen LogP) is 0.113. The first-order chi connectivity index (χ1) is 8.24. The summed E-state index contributed by atoms with van der Waals surface area (Å²) in [5.41, 5.74) is 4.97. The number of ether oxygens (including phenoxy) is 3. The molecular weight excluding hydrogens is 224 g/mol.